The Morgan fingerprint density at radius 3 is 2.83 bits per heavy atom. The summed E-state index contributed by atoms with van der Waals surface area (Å²) in [6, 6.07) is 0. The summed E-state index contributed by atoms with van der Waals surface area (Å²) in [7, 11) is 0. The molecule has 0 aliphatic carbocycles. The summed E-state index contributed by atoms with van der Waals surface area (Å²) in [5.41, 5.74) is 5.56. The van der Waals surface area contributed by atoms with Gasteiger partial charge in [0.25, 0.3) is 0 Å². The Balaban J connectivity index is 2.83. The Labute approximate surface area is 84.7 Å². The maximum atomic E-state index is 5.74. The first-order valence-electron chi connectivity index (χ1n) is 4.36. The summed E-state index contributed by atoms with van der Waals surface area (Å²) in [6.45, 7) is 3.75. The van der Waals surface area contributed by atoms with Crippen molar-refractivity contribution in [2.24, 2.45) is 11.7 Å². The summed E-state index contributed by atoms with van der Waals surface area (Å²) in [5.74, 6) is 0.562. The molecule has 1 aliphatic rings. The Morgan fingerprint density at radius 1 is 1.83 bits per heavy atom. The molecule has 0 saturated carbocycles. The van der Waals surface area contributed by atoms with Gasteiger partial charge in [-0.25, -0.2) is 0 Å². The molecule has 2 atom stereocenters. The molecule has 0 amide bonds. The fourth-order valence-corrected chi connectivity index (χ4v) is 2.66. The van der Waals surface area contributed by atoms with Crippen LogP contribution in [0.4, 0.5) is 0 Å². The third-order valence-electron chi connectivity index (χ3n) is 2.83. The molecule has 0 radical (unpaired) electrons. The van der Waals surface area contributed by atoms with Crippen molar-refractivity contribution in [2.75, 3.05) is 13.1 Å². The van der Waals surface area contributed by atoms with Crippen LogP contribution in [-0.2, 0) is 0 Å². The van der Waals surface area contributed by atoms with E-state index in [2.05, 4.69) is 24.9 Å². The van der Waals surface area contributed by atoms with Crippen LogP contribution in [0.2, 0.25) is 0 Å². The van der Waals surface area contributed by atoms with Crippen LogP contribution < -0.4 is 11.1 Å². The van der Waals surface area contributed by atoms with Crippen LogP contribution in [0.5, 0.6) is 0 Å². The minimum absolute atomic E-state index is 0.173. The van der Waals surface area contributed by atoms with E-state index in [4.69, 9.17) is 18.0 Å². The summed E-state index contributed by atoms with van der Waals surface area (Å²) >= 11 is 9.39. The highest BCUT2D eigenvalue weighted by atomic mass is 32.1. The molecule has 12 heavy (non-hydrogen) atoms. The number of nitrogens with one attached hydrogen (secondary N) is 1. The van der Waals surface area contributed by atoms with Gasteiger partial charge in [-0.2, -0.15) is 0 Å². The maximum Gasteiger partial charge on any atom is 0.0748 e. The van der Waals surface area contributed by atoms with Gasteiger partial charge in [0.1, 0.15) is 0 Å². The quantitative estimate of drug-likeness (QED) is 0.473. The molecule has 2 unspecified atom stereocenters. The molecular formula is C8H16N2S2. The summed E-state index contributed by atoms with van der Waals surface area (Å²) in [4.78, 5) is 0. The number of hydrogen-bond acceptors (Lipinski definition) is 3. The lowest BCUT2D eigenvalue weighted by atomic mass is 9.85. The van der Waals surface area contributed by atoms with Gasteiger partial charge in [-0.15, -0.1) is 12.6 Å². The minimum Gasteiger partial charge on any atom is -0.328 e. The largest absolute Gasteiger partial charge is 0.328 e. The fourth-order valence-electron chi connectivity index (χ4n) is 1.99. The highest BCUT2D eigenvalue weighted by molar-refractivity contribution is 8.11. The maximum absolute atomic E-state index is 5.74. The van der Waals surface area contributed by atoms with Crippen molar-refractivity contribution in [3.05, 3.63) is 0 Å². The Kier molecular flexibility index (Phi) is 3.52. The second kappa shape index (κ2) is 4.05. The van der Waals surface area contributed by atoms with Gasteiger partial charge in [-0.3, -0.25) is 0 Å². The van der Waals surface area contributed by atoms with E-state index in [1.54, 1.807) is 0 Å². The number of thiol groups is 1. The molecule has 2 nitrogen and oxygen atoms in total. The monoisotopic (exact) mass is 204 g/mol. The van der Waals surface area contributed by atoms with E-state index in [0.717, 1.165) is 19.4 Å². The van der Waals surface area contributed by atoms with E-state index < -0.39 is 0 Å². The van der Waals surface area contributed by atoms with Crippen LogP contribution in [0.25, 0.3) is 0 Å². The summed E-state index contributed by atoms with van der Waals surface area (Å²) < 4.78 is 0.717. The molecular weight excluding hydrogens is 188 g/mol. The molecule has 1 heterocycles. The number of rotatable bonds is 3. The SMILES string of the molecule is CCC1CCNC1(CN)C(=S)S. The van der Waals surface area contributed by atoms with Gasteiger partial charge in [0.15, 0.2) is 0 Å². The van der Waals surface area contributed by atoms with Crippen LogP contribution >= 0.6 is 24.8 Å². The van der Waals surface area contributed by atoms with Crippen molar-refractivity contribution in [2.45, 2.75) is 25.3 Å². The van der Waals surface area contributed by atoms with Gasteiger partial charge >= 0.3 is 0 Å². The zero-order valence-electron chi connectivity index (χ0n) is 7.34. The first-order valence-corrected chi connectivity index (χ1v) is 5.21. The van der Waals surface area contributed by atoms with Crippen molar-refractivity contribution in [3.63, 3.8) is 0 Å². The van der Waals surface area contributed by atoms with Gasteiger partial charge < -0.3 is 11.1 Å². The third kappa shape index (κ3) is 1.53. The molecule has 0 aromatic heterocycles. The van der Waals surface area contributed by atoms with Gasteiger partial charge in [-0.05, 0) is 18.9 Å². The molecule has 1 rings (SSSR count). The smallest absolute Gasteiger partial charge is 0.0748 e. The predicted molar refractivity (Wildman–Crippen MR) is 59.8 cm³/mol. The average Bonchev–Trinajstić information content (AvgIpc) is 2.47. The van der Waals surface area contributed by atoms with Crippen LogP contribution in [0.15, 0.2) is 0 Å². The molecule has 0 bridgehead atoms. The number of thiocarbonyl (C=S) groups is 1. The first kappa shape index (κ1) is 10.4. The Bertz CT molecular complexity index is 184. The summed E-state index contributed by atoms with van der Waals surface area (Å²) in [6.07, 6.45) is 2.28. The molecule has 1 saturated heterocycles. The van der Waals surface area contributed by atoms with E-state index in [-0.39, 0.29) is 5.54 Å². The van der Waals surface area contributed by atoms with Crippen molar-refractivity contribution in [1.82, 2.24) is 5.32 Å². The van der Waals surface area contributed by atoms with Crippen LogP contribution in [0.1, 0.15) is 19.8 Å². The predicted octanol–water partition coefficient (Wildman–Crippen LogP) is 0.961. The van der Waals surface area contributed by atoms with E-state index in [9.17, 15) is 0 Å². The standard InChI is InChI=1S/C8H16N2S2/c1-2-6-3-4-10-8(6,5-9)7(11)12/h6,10H,2-5,9H2,1H3,(H,11,12). The Morgan fingerprint density at radius 2 is 2.50 bits per heavy atom. The molecule has 0 aromatic rings. The van der Waals surface area contributed by atoms with Gasteiger partial charge in [0.2, 0.25) is 0 Å². The topological polar surface area (TPSA) is 38.0 Å². The average molecular weight is 204 g/mol. The molecule has 3 N–H and O–H groups in total. The lowest BCUT2D eigenvalue weighted by Crippen LogP contribution is -2.55. The van der Waals surface area contributed by atoms with Crippen LogP contribution in [0, 0.1) is 5.92 Å². The van der Waals surface area contributed by atoms with E-state index in [1.807, 2.05) is 0 Å². The normalized spacial score (nSPS) is 35.4. The molecule has 70 valence electrons. The lowest BCUT2D eigenvalue weighted by molar-refractivity contribution is 0.380. The van der Waals surface area contributed by atoms with E-state index in [1.165, 1.54) is 0 Å². The highest BCUT2D eigenvalue weighted by Crippen LogP contribution is 2.31. The first-order chi connectivity index (χ1) is 5.67. The molecule has 0 aromatic carbocycles. The zero-order chi connectivity index (χ0) is 9.19. The molecule has 1 aliphatic heterocycles. The van der Waals surface area contributed by atoms with Gasteiger partial charge in [0.05, 0.1) is 9.74 Å². The Hall–Kier alpha value is 0.360. The molecule has 4 heteroatoms. The van der Waals surface area contributed by atoms with Crippen molar-refractivity contribution >= 4 is 29.0 Å². The summed E-state index contributed by atoms with van der Waals surface area (Å²) in [5, 5.41) is 3.38. The number of hydrogen-bond donors (Lipinski definition) is 3. The van der Waals surface area contributed by atoms with Crippen molar-refractivity contribution in [1.29, 1.82) is 0 Å². The van der Waals surface area contributed by atoms with Crippen molar-refractivity contribution in [3.8, 4) is 0 Å². The van der Waals surface area contributed by atoms with Crippen molar-refractivity contribution < 1.29 is 0 Å². The third-order valence-corrected chi connectivity index (χ3v) is 3.59. The second-order valence-corrected chi connectivity index (χ2v) is 4.46. The number of nitrogens with two attached hydrogens (primary N) is 1. The van der Waals surface area contributed by atoms with Crippen LogP contribution in [-0.4, -0.2) is 22.8 Å². The zero-order valence-corrected chi connectivity index (χ0v) is 9.05. The fraction of sp³-hybridized carbons (Fsp3) is 0.875. The molecule has 0 spiro atoms. The second-order valence-electron chi connectivity index (χ2n) is 3.30. The highest BCUT2D eigenvalue weighted by Gasteiger charge is 2.42. The van der Waals surface area contributed by atoms with Gasteiger partial charge in [-0.1, -0.05) is 25.6 Å². The minimum atomic E-state index is -0.173. The van der Waals surface area contributed by atoms with Gasteiger partial charge in [0, 0.05) is 6.54 Å². The lowest BCUT2D eigenvalue weighted by Gasteiger charge is -2.32. The van der Waals surface area contributed by atoms with E-state index >= 15 is 0 Å². The molecule has 1 fully saturated rings. The van der Waals surface area contributed by atoms with E-state index in [0.29, 0.717) is 16.7 Å². The van der Waals surface area contributed by atoms with Crippen LogP contribution in [0.3, 0.4) is 0 Å².